The van der Waals surface area contributed by atoms with E-state index in [1.54, 1.807) is 30.5 Å². The lowest BCUT2D eigenvalue weighted by atomic mass is 10.1. The molecule has 0 aliphatic rings. The molecule has 0 atom stereocenters. The first-order valence-electron chi connectivity index (χ1n) is 9.35. The van der Waals surface area contributed by atoms with Crippen molar-refractivity contribution in [1.82, 2.24) is 19.7 Å². The number of rotatable bonds is 6. The van der Waals surface area contributed by atoms with Gasteiger partial charge in [-0.05, 0) is 24.6 Å². The van der Waals surface area contributed by atoms with Gasteiger partial charge in [-0.25, -0.2) is 9.67 Å². The minimum atomic E-state index is -0.395. The van der Waals surface area contributed by atoms with Gasteiger partial charge in [-0.3, -0.25) is 19.9 Å². The lowest BCUT2D eigenvalue weighted by Crippen LogP contribution is -2.27. The average Bonchev–Trinajstić information content (AvgIpc) is 3.22. The average molecular weight is 405 g/mol. The van der Waals surface area contributed by atoms with E-state index in [9.17, 15) is 9.59 Å². The Balaban J connectivity index is 1.67. The van der Waals surface area contributed by atoms with E-state index < -0.39 is 5.91 Å². The summed E-state index contributed by atoms with van der Waals surface area (Å²) < 4.78 is 1.38. The molecule has 146 valence electrons. The van der Waals surface area contributed by atoms with Gasteiger partial charge in [-0.15, -0.1) is 11.3 Å². The minimum absolute atomic E-state index is 0.183. The zero-order chi connectivity index (χ0) is 20.2. The van der Waals surface area contributed by atoms with E-state index in [1.807, 2.05) is 30.5 Å². The Hall–Kier alpha value is -3.39. The molecule has 0 bridgehead atoms. The molecule has 0 fully saturated rings. The minimum Gasteiger partial charge on any atom is -0.296 e. The van der Waals surface area contributed by atoms with Crippen molar-refractivity contribution in [2.75, 3.05) is 5.32 Å². The van der Waals surface area contributed by atoms with Gasteiger partial charge < -0.3 is 0 Å². The van der Waals surface area contributed by atoms with Crippen LogP contribution in [-0.2, 0) is 6.54 Å². The lowest BCUT2D eigenvalue weighted by Gasteiger charge is -2.10. The number of pyridine rings is 1. The van der Waals surface area contributed by atoms with Crippen LogP contribution in [0.25, 0.3) is 22.2 Å². The van der Waals surface area contributed by atoms with E-state index in [0.29, 0.717) is 28.1 Å². The lowest BCUT2D eigenvalue weighted by molar-refractivity contribution is 0.102. The monoisotopic (exact) mass is 405 g/mol. The highest BCUT2D eigenvalue weighted by Gasteiger charge is 2.18. The zero-order valence-electron chi connectivity index (χ0n) is 15.8. The summed E-state index contributed by atoms with van der Waals surface area (Å²) in [5.74, 6) is -0.395. The number of carbonyl (C=O) groups excluding carboxylic acids is 1. The molecular weight excluding hydrogens is 386 g/mol. The van der Waals surface area contributed by atoms with Crippen molar-refractivity contribution in [3.05, 3.63) is 70.1 Å². The Bertz CT molecular complexity index is 1220. The summed E-state index contributed by atoms with van der Waals surface area (Å²) in [6.07, 6.45) is 3.44. The molecule has 0 unspecified atom stereocenters. The molecule has 3 aromatic heterocycles. The first-order valence-corrected chi connectivity index (χ1v) is 10.2. The van der Waals surface area contributed by atoms with Crippen LogP contribution < -0.4 is 10.9 Å². The highest BCUT2D eigenvalue weighted by molar-refractivity contribution is 7.14. The largest absolute Gasteiger partial charge is 0.296 e. The van der Waals surface area contributed by atoms with E-state index in [0.717, 1.165) is 18.5 Å². The Morgan fingerprint density at radius 3 is 2.66 bits per heavy atom. The molecule has 0 saturated carbocycles. The van der Waals surface area contributed by atoms with E-state index in [4.69, 9.17) is 0 Å². The fraction of sp³-hybridized carbons (Fsp3) is 0.190. The van der Waals surface area contributed by atoms with Crippen molar-refractivity contribution in [2.24, 2.45) is 0 Å². The van der Waals surface area contributed by atoms with Gasteiger partial charge in [0, 0.05) is 23.5 Å². The number of nitrogens with zero attached hydrogens (tertiary/aromatic N) is 4. The highest BCUT2D eigenvalue weighted by Crippen LogP contribution is 2.24. The number of nitrogens with one attached hydrogen (secondary N) is 1. The van der Waals surface area contributed by atoms with Crippen LogP contribution in [0.5, 0.6) is 0 Å². The smallest absolute Gasteiger partial charge is 0.278 e. The van der Waals surface area contributed by atoms with Crippen molar-refractivity contribution in [3.63, 3.8) is 0 Å². The second-order valence-corrected chi connectivity index (χ2v) is 7.34. The normalized spacial score (nSPS) is 10.9. The molecule has 0 spiro atoms. The molecule has 7 nitrogen and oxygen atoms in total. The number of aryl methyl sites for hydroxylation is 1. The van der Waals surface area contributed by atoms with Crippen molar-refractivity contribution < 1.29 is 4.79 Å². The number of unbranched alkanes of at least 4 members (excludes halogenated alkanes) is 1. The molecule has 4 rings (SSSR count). The number of fused-ring (bicyclic) bond motifs is 1. The van der Waals surface area contributed by atoms with Crippen molar-refractivity contribution in [2.45, 2.75) is 26.3 Å². The fourth-order valence-corrected chi connectivity index (χ4v) is 3.68. The molecule has 0 aliphatic carbocycles. The number of amides is 1. The van der Waals surface area contributed by atoms with E-state index in [-0.39, 0.29) is 11.3 Å². The summed E-state index contributed by atoms with van der Waals surface area (Å²) in [6.45, 7) is 2.52. The Labute approximate surface area is 171 Å². The first kappa shape index (κ1) is 18.9. The molecule has 1 aromatic carbocycles. The number of carbonyl (C=O) groups is 1. The third kappa shape index (κ3) is 3.93. The van der Waals surface area contributed by atoms with Gasteiger partial charge in [-0.2, -0.15) is 5.10 Å². The third-order valence-corrected chi connectivity index (χ3v) is 5.22. The van der Waals surface area contributed by atoms with Crippen LogP contribution in [0.15, 0.2) is 58.8 Å². The molecule has 3 heterocycles. The predicted molar refractivity (Wildman–Crippen MR) is 114 cm³/mol. The number of hydrogen-bond acceptors (Lipinski definition) is 6. The standard InChI is InChI=1S/C21H19N5O2S/c1-2-3-12-26-20(28)15-9-5-4-8-14(15)18(25-26)19(27)24-21-23-17(13-29-21)16-10-6-7-11-22-16/h4-11,13H,2-3,12H2,1H3,(H,23,24,27). The molecule has 8 heteroatoms. The zero-order valence-corrected chi connectivity index (χ0v) is 16.6. The van der Waals surface area contributed by atoms with E-state index in [1.165, 1.54) is 16.0 Å². The van der Waals surface area contributed by atoms with Crippen molar-refractivity contribution >= 4 is 33.1 Å². The fourth-order valence-electron chi connectivity index (χ4n) is 2.98. The SMILES string of the molecule is CCCCn1nc(C(=O)Nc2nc(-c3ccccn3)cs2)c2ccccc2c1=O. The number of benzene rings is 1. The molecule has 29 heavy (non-hydrogen) atoms. The van der Waals surface area contributed by atoms with Crippen LogP contribution in [0.4, 0.5) is 5.13 Å². The Kier molecular flexibility index (Phi) is 5.44. The summed E-state index contributed by atoms with van der Waals surface area (Å²) in [4.78, 5) is 34.4. The highest BCUT2D eigenvalue weighted by atomic mass is 32.1. The molecule has 1 N–H and O–H groups in total. The summed E-state index contributed by atoms with van der Waals surface area (Å²) in [5.41, 5.74) is 1.46. The topological polar surface area (TPSA) is 89.8 Å². The number of hydrogen-bond donors (Lipinski definition) is 1. The molecule has 0 aliphatic heterocycles. The predicted octanol–water partition coefficient (Wildman–Crippen LogP) is 3.97. The van der Waals surface area contributed by atoms with Crippen LogP contribution in [0.2, 0.25) is 0 Å². The molecule has 1 amide bonds. The van der Waals surface area contributed by atoms with Crippen LogP contribution in [0.1, 0.15) is 30.3 Å². The second kappa shape index (κ2) is 8.32. The van der Waals surface area contributed by atoms with E-state index >= 15 is 0 Å². The summed E-state index contributed by atoms with van der Waals surface area (Å²) in [7, 11) is 0. The Morgan fingerprint density at radius 1 is 1.10 bits per heavy atom. The van der Waals surface area contributed by atoms with Gasteiger partial charge in [-0.1, -0.05) is 37.6 Å². The third-order valence-electron chi connectivity index (χ3n) is 4.46. The van der Waals surface area contributed by atoms with Crippen molar-refractivity contribution in [1.29, 1.82) is 0 Å². The molecule has 0 radical (unpaired) electrons. The second-order valence-electron chi connectivity index (χ2n) is 6.48. The van der Waals surface area contributed by atoms with Gasteiger partial charge >= 0.3 is 0 Å². The van der Waals surface area contributed by atoms with Gasteiger partial charge in [0.25, 0.3) is 11.5 Å². The van der Waals surface area contributed by atoms with Crippen LogP contribution in [0, 0.1) is 0 Å². The summed E-state index contributed by atoms with van der Waals surface area (Å²) in [6, 6.07) is 12.6. The van der Waals surface area contributed by atoms with Crippen molar-refractivity contribution in [3.8, 4) is 11.4 Å². The molecule has 0 saturated heterocycles. The maximum atomic E-state index is 13.0. The van der Waals surface area contributed by atoms with Gasteiger partial charge in [0.2, 0.25) is 0 Å². The molecule has 4 aromatic rings. The maximum absolute atomic E-state index is 13.0. The number of thiazole rings is 1. The van der Waals surface area contributed by atoms with Crippen LogP contribution in [-0.4, -0.2) is 25.7 Å². The summed E-state index contributed by atoms with van der Waals surface area (Å²) >= 11 is 1.31. The van der Waals surface area contributed by atoms with E-state index in [2.05, 4.69) is 20.4 Å². The molecular formula is C21H19N5O2S. The van der Waals surface area contributed by atoms with Gasteiger partial charge in [0.1, 0.15) is 5.69 Å². The van der Waals surface area contributed by atoms with Gasteiger partial charge in [0.05, 0.1) is 11.1 Å². The number of anilines is 1. The quantitative estimate of drug-likeness (QED) is 0.524. The first-order chi connectivity index (χ1) is 14.2. The van der Waals surface area contributed by atoms with Crippen LogP contribution in [0.3, 0.4) is 0 Å². The maximum Gasteiger partial charge on any atom is 0.278 e. The van der Waals surface area contributed by atoms with Gasteiger partial charge in [0.15, 0.2) is 10.8 Å². The number of aromatic nitrogens is 4. The Morgan fingerprint density at radius 2 is 1.90 bits per heavy atom. The summed E-state index contributed by atoms with van der Waals surface area (Å²) in [5, 5.41) is 10.5. The van der Waals surface area contributed by atoms with Crippen LogP contribution >= 0.6 is 11.3 Å².